The highest BCUT2D eigenvalue weighted by atomic mass is 16.5. The second-order valence-corrected chi connectivity index (χ2v) is 6.91. The standard InChI is InChI=1S/C20H22N2O2/c1-12-3-4-14(9-18(12)21)20(23)22-10-16-17(11-22)19(16)13-5-7-15(24-2)8-6-13/h3-9,16-17,19H,10-11,21H2,1-2H3/t16-,17+,19?. The fourth-order valence-electron chi connectivity index (χ4n) is 3.97. The molecule has 0 bridgehead atoms. The molecule has 0 radical (unpaired) electrons. The summed E-state index contributed by atoms with van der Waals surface area (Å²) in [5, 5.41) is 0. The number of nitrogens with zero attached hydrogens (tertiary/aromatic N) is 1. The maximum absolute atomic E-state index is 12.7. The number of aryl methyl sites for hydroxylation is 1. The average molecular weight is 322 g/mol. The second-order valence-electron chi connectivity index (χ2n) is 6.91. The zero-order valence-electron chi connectivity index (χ0n) is 14.0. The topological polar surface area (TPSA) is 55.6 Å². The number of carbonyl (C=O) groups is 1. The van der Waals surface area contributed by atoms with E-state index in [2.05, 4.69) is 12.1 Å². The minimum Gasteiger partial charge on any atom is -0.497 e. The van der Waals surface area contributed by atoms with Crippen LogP contribution in [0, 0.1) is 18.8 Å². The molecule has 1 heterocycles. The lowest BCUT2D eigenvalue weighted by Gasteiger charge is -2.20. The number of methoxy groups -OCH3 is 1. The van der Waals surface area contributed by atoms with Gasteiger partial charge in [0.25, 0.3) is 5.91 Å². The molecular weight excluding hydrogens is 300 g/mol. The number of piperidine rings is 1. The number of ether oxygens (including phenoxy) is 1. The molecule has 0 spiro atoms. The van der Waals surface area contributed by atoms with Crippen molar-refractivity contribution >= 4 is 11.6 Å². The zero-order chi connectivity index (χ0) is 16.8. The SMILES string of the molecule is COc1ccc(C2[C@H]3CN(C(=O)c4ccc(C)c(N)c4)C[C@@H]23)cc1. The molecule has 2 fully saturated rings. The summed E-state index contributed by atoms with van der Waals surface area (Å²) in [6.07, 6.45) is 0. The summed E-state index contributed by atoms with van der Waals surface area (Å²) < 4.78 is 5.22. The van der Waals surface area contributed by atoms with Crippen molar-refractivity contribution in [3.8, 4) is 5.75 Å². The van der Waals surface area contributed by atoms with E-state index in [1.165, 1.54) is 5.56 Å². The molecule has 0 aromatic heterocycles. The van der Waals surface area contributed by atoms with E-state index in [9.17, 15) is 4.79 Å². The van der Waals surface area contributed by atoms with Crippen LogP contribution in [0.15, 0.2) is 42.5 Å². The van der Waals surface area contributed by atoms with Gasteiger partial charge in [-0.2, -0.15) is 0 Å². The van der Waals surface area contributed by atoms with Crippen LogP contribution >= 0.6 is 0 Å². The predicted octanol–water partition coefficient (Wildman–Crippen LogP) is 3.07. The molecule has 24 heavy (non-hydrogen) atoms. The molecule has 4 heteroatoms. The molecule has 2 N–H and O–H groups in total. The first-order chi connectivity index (χ1) is 11.6. The summed E-state index contributed by atoms with van der Waals surface area (Å²) in [6.45, 7) is 3.63. The van der Waals surface area contributed by atoms with Gasteiger partial charge in [-0.15, -0.1) is 0 Å². The van der Waals surface area contributed by atoms with E-state index in [1.54, 1.807) is 13.2 Å². The number of hydrogen-bond acceptors (Lipinski definition) is 3. The summed E-state index contributed by atoms with van der Waals surface area (Å²) in [4.78, 5) is 14.6. The highest BCUT2D eigenvalue weighted by Crippen LogP contribution is 2.58. The maximum atomic E-state index is 12.7. The van der Waals surface area contributed by atoms with E-state index in [1.807, 2.05) is 36.1 Å². The van der Waals surface area contributed by atoms with Gasteiger partial charge in [-0.1, -0.05) is 18.2 Å². The number of amides is 1. The Balaban J connectivity index is 1.42. The second kappa shape index (κ2) is 5.55. The monoisotopic (exact) mass is 322 g/mol. The number of likely N-dealkylation sites (tertiary alicyclic amines) is 1. The first-order valence-electron chi connectivity index (χ1n) is 8.38. The molecule has 3 atom stereocenters. The number of benzene rings is 2. The third-order valence-electron chi connectivity index (χ3n) is 5.51. The van der Waals surface area contributed by atoms with Gasteiger partial charge in [0.2, 0.25) is 0 Å². The quantitative estimate of drug-likeness (QED) is 0.884. The molecule has 1 saturated heterocycles. The average Bonchev–Trinajstić information content (AvgIpc) is 3.10. The van der Waals surface area contributed by atoms with Crippen LogP contribution < -0.4 is 10.5 Å². The predicted molar refractivity (Wildman–Crippen MR) is 94.2 cm³/mol. The Morgan fingerprint density at radius 3 is 2.38 bits per heavy atom. The number of nitrogen functional groups attached to an aromatic ring is 1. The van der Waals surface area contributed by atoms with E-state index < -0.39 is 0 Å². The molecule has 4 nitrogen and oxygen atoms in total. The fraction of sp³-hybridized carbons (Fsp3) is 0.350. The minimum absolute atomic E-state index is 0.0994. The summed E-state index contributed by atoms with van der Waals surface area (Å²) in [5.41, 5.74) is 9.68. The molecule has 1 amide bonds. The van der Waals surface area contributed by atoms with E-state index in [4.69, 9.17) is 10.5 Å². The lowest BCUT2D eigenvalue weighted by Crippen LogP contribution is -2.31. The van der Waals surface area contributed by atoms with Crippen molar-refractivity contribution in [3.63, 3.8) is 0 Å². The minimum atomic E-state index is 0.0994. The Bertz CT molecular complexity index is 773. The van der Waals surface area contributed by atoms with Crippen molar-refractivity contribution in [2.24, 2.45) is 11.8 Å². The van der Waals surface area contributed by atoms with Crippen molar-refractivity contribution in [2.45, 2.75) is 12.8 Å². The van der Waals surface area contributed by atoms with Crippen molar-refractivity contribution in [3.05, 3.63) is 59.2 Å². The van der Waals surface area contributed by atoms with Crippen LogP contribution in [0.2, 0.25) is 0 Å². The van der Waals surface area contributed by atoms with Gasteiger partial charge in [-0.05, 0) is 60.1 Å². The number of hydrogen-bond donors (Lipinski definition) is 1. The lowest BCUT2D eigenvalue weighted by atomic mass is 10.1. The van der Waals surface area contributed by atoms with Gasteiger partial charge < -0.3 is 15.4 Å². The molecule has 2 aromatic rings. The van der Waals surface area contributed by atoms with Crippen LogP contribution in [0.1, 0.15) is 27.4 Å². The van der Waals surface area contributed by atoms with Gasteiger partial charge in [-0.25, -0.2) is 0 Å². The van der Waals surface area contributed by atoms with Gasteiger partial charge in [-0.3, -0.25) is 4.79 Å². The third kappa shape index (κ3) is 2.42. The number of fused-ring (bicyclic) bond motifs is 1. The Morgan fingerprint density at radius 1 is 1.12 bits per heavy atom. The highest BCUT2D eigenvalue weighted by molar-refractivity contribution is 5.95. The summed E-state index contributed by atoms with van der Waals surface area (Å²) in [6, 6.07) is 13.9. The van der Waals surface area contributed by atoms with Crippen LogP contribution in [-0.2, 0) is 0 Å². The van der Waals surface area contributed by atoms with Crippen molar-refractivity contribution < 1.29 is 9.53 Å². The summed E-state index contributed by atoms with van der Waals surface area (Å²) >= 11 is 0. The van der Waals surface area contributed by atoms with Crippen LogP contribution in [0.5, 0.6) is 5.75 Å². The first kappa shape index (κ1) is 15.1. The van der Waals surface area contributed by atoms with Crippen molar-refractivity contribution in [1.82, 2.24) is 4.90 Å². The fourth-order valence-corrected chi connectivity index (χ4v) is 3.97. The smallest absolute Gasteiger partial charge is 0.253 e. The molecule has 1 aliphatic heterocycles. The molecular formula is C20H22N2O2. The number of carbonyl (C=O) groups excluding carboxylic acids is 1. The van der Waals surface area contributed by atoms with Gasteiger partial charge in [0.05, 0.1) is 7.11 Å². The number of rotatable bonds is 3. The van der Waals surface area contributed by atoms with Crippen LogP contribution in [0.3, 0.4) is 0 Å². The summed E-state index contributed by atoms with van der Waals surface area (Å²) in [5.74, 6) is 2.75. The molecule has 2 aliphatic rings. The number of nitrogens with two attached hydrogens (primary N) is 1. The maximum Gasteiger partial charge on any atom is 0.253 e. The van der Waals surface area contributed by atoms with Gasteiger partial charge in [0.1, 0.15) is 5.75 Å². The molecule has 1 saturated carbocycles. The largest absolute Gasteiger partial charge is 0.497 e. The van der Waals surface area contributed by atoms with Crippen molar-refractivity contribution in [2.75, 3.05) is 25.9 Å². The van der Waals surface area contributed by atoms with Crippen LogP contribution in [-0.4, -0.2) is 31.0 Å². The first-order valence-corrected chi connectivity index (χ1v) is 8.38. The Morgan fingerprint density at radius 2 is 1.79 bits per heavy atom. The summed E-state index contributed by atoms with van der Waals surface area (Å²) in [7, 11) is 1.68. The van der Waals surface area contributed by atoms with Crippen LogP contribution in [0.4, 0.5) is 5.69 Å². The van der Waals surface area contributed by atoms with Gasteiger partial charge in [0, 0.05) is 24.3 Å². The third-order valence-corrected chi connectivity index (χ3v) is 5.51. The number of anilines is 1. The van der Waals surface area contributed by atoms with E-state index >= 15 is 0 Å². The van der Waals surface area contributed by atoms with Gasteiger partial charge >= 0.3 is 0 Å². The van der Waals surface area contributed by atoms with E-state index in [0.29, 0.717) is 29.0 Å². The normalized spacial score (nSPS) is 24.6. The Kier molecular flexibility index (Phi) is 3.48. The Labute approximate surface area is 142 Å². The lowest BCUT2D eigenvalue weighted by molar-refractivity contribution is 0.0773. The highest BCUT2D eigenvalue weighted by Gasteiger charge is 2.57. The molecule has 1 unspecified atom stereocenters. The zero-order valence-corrected chi connectivity index (χ0v) is 14.0. The molecule has 2 aromatic carbocycles. The van der Waals surface area contributed by atoms with E-state index in [0.717, 1.165) is 24.4 Å². The molecule has 4 rings (SSSR count). The molecule has 124 valence electrons. The Hall–Kier alpha value is -2.49. The van der Waals surface area contributed by atoms with Crippen molar-refractivity contribution in [1.29, 1.82) is 0 Å². The van der Waals surface area contributed by atoms with Crippen LogP contribution in [0.25, 0.3) is 0 Å². The van der Waals surface area contributed by atoms with Gasteiger partial charge in [0.15, 0.2) is 0 Å². The van der Waals surface area contributed by atoms with E-state index in [-0.39, 0.29) is 5.91 Å². The molecule has 1 aliphatic carbocycles.